The van der Waals surface area contributed by atoms with E-state index in [0.29, 0.717) is 18.4 Å². The number of likely N-dealkylation sites (tertiary alicyclic amines) is 2. The van der Waals surface area contributed by atoms with Crippen LogP contribution in [0.2, 0.25) is 5.02 Å². The minimum atomic E-state index is -0.358. The molecule has 0 saturated carbocycles. The molecule has 2 aliphatic heterocycles. The van der Waals surface area contributed by atoms with Crippen LogP contribution in [0.5, 0.6) is 0 Å². The van der Waals surface area contributed by atoms with Crippen molar-refractivity contribution in [2.45, 2.75) is 32.2 Å². The first-order chi connectivity index (χ1) is 12.0. The van der Waals surface area contributed by atoms with E-state index in [4.69, 9.17) is 17.3 Å². The molecule has 3 rings (SSSR count). The molecule has 0 spiro atoms. The van der Waals surface area contributed by atoms with Crippen LogP contribution in [-0.4, -0.2) is 49.0 Å². The van der Waals surface area contributed by atoms with E-state index in [-0.39, 0.29) is 16.9 Å². The molecule has 2 fully saturated rings. The molecular formula is C19H28ClFN4. The zero-order valence-electron chi connectivity index (χ0n) is 15.1. The van der Waals surface area contributed by atoms with E-state index < -0.39 is 0 Å². The fourth-order valence-corrected chi connectivity index (χ4v) is 4.11. The number of aliphatic imine (C=N–C) groups is 1. The second kappa shape index (κ2) is 7.92. The third-order valence-corrected chi connectivity index (χ3v) is 5.96. The number of rotatable bonds is 3. The fourth-order valence-electron chi connectivity index (χ4n) is 3.99. The van der Waals surface area contributed by atoms with E-state index >= 15 is 0 Å². The van der Waals surface area contributed by atoms with Gasteiger partial charge in [-0.05, 0) is 62.4 Å². The molecule has 1 aromatic carbocycles. The quantitative estimate of drug-likeness (QED) is 0.657. The van der Waals surface area contributed by atoms with E-state index in [0.717, 1.165) is 37.5 Å². The van der Waals surface area contributed by atoms with Gasteiger partial charge in [-0.15, -0.1) is 0 Å². The molecule has 2 N–H and O–H groups in total. The van der Waals surface area contributed by atoms with Crippen molar-refractivity contribution in [2.24, 2.45) is 22.6 Å². The van der Waals surface area contributed by atoms with Gasteiger partial charge in [-0.3, -0.25) is 9.89 Å². The lowest BCUT2D eigenvalue weighted by Gasteiger charge is -2.31. The topological polar surface area (TPSA) is 44.9 Å². The Morgan fingerprint density at radius 1 is 1.28 bits per heavy atom. The average molecular weight is 367 g/mol. The van der Waals surface area contributed by atoms with Crippen molar-refractivity contribution in [3.63, 3.8) is 0 Å². The van der Waals surface area contributed by atoms with Crippen molar-refractivity contribution in [1.29, 1.82) is 0 Å². The lowest BCUT2D eigenvalue weighted by atomic mass is 9.94. The summed E-state index contributed by atoms with van der Waals surface area (Å²) in [6, 6.07) is 5.28. The van der Waals surface area contributed by atoms with Gasteiger partial charge in [0.1, 0.15) is 5.82 Å². The Kier molecular flexibility index (Phi) is 5.85. The molecule has 2 unspecified atom stereocenters. The van der Waals surface area contributed by atoms with E-state index in [1.54, 1.807) is 12.1 Å². The first-order valence-corrected chi connectivity index (χ1v) is 9.53. The van der Waals surface area contributed by atoms with Gasteiger partial charge >= 0.3 is 0 Å². The average Bonchev–Trinajstić information content (AvgIpc) is 2.96. The molecule has 2 saturated heterocycles. The minimum Gasteiger partial charge on any atom is -0.370 e. The maximum Gasteiger partial charge on any atom is 0.191 e. The highest BCUT2D eigenvalue weighted by Crippen LogP contribution is 2.37. The summed E-state index contributed by atoms with van der Waals surface area (Å²) in [6.45, 7) is 5.93. The van der Waals surface area contributed by atoms with Crippen LogP contribution in [0.25, 0.3) is 0 Å². The number of nitrogens with two attached hydrogens (primary N) is 1. The number of benzene rings is 1. The molecule has 4 nitrogen and oxygen atoms in total. The molecule has 1 aromatic rings. The second-order valence-electron chi connectivity index (χ2n) is 7.52. The second-order valence-corrected chi connectivity index (χ2v) is 7.92. The number of nitrogens with zero attached hydrogens (tertiary/aromatic N) is 3. The highest BCUT2D eigenvalue weighted by Gasteiger charge is 2.33. The molecular weight excluding hydrogens is 339 g/mol. The first kappa shape index (κ1) is 18.5. The molecule has 0 radical (unpaired) electrons. The summed E-state index contributed by atoms with van der Waals surface area (Å²) >= 11 is 5.83. The molecule has 0 bridgehead atoms. The van der Waals surface area contributed by atoms with E-state index in [1.165, 1.54) is 12.8 Å². The molecule has 25 heavy (non-hydrogen) atoms. The lowest BCUT2D eigenvalue weighted by Crippen LogP contribution is -2.42. The summed E-state index contributed by atoms with van der Waals surface area (Å²) in [4.78, 5) is 9.13. The number of halogens is 2. The minimum absolute atomic E-state index is 0.157. The summed E-state index contributed by atoms with van der Waals surface area (Å²) in [5.74, 6) is 1.41. The summed E-state index contributed by atoms with van der Waals surface area (Å²) in [5, 5.41) is 0.169. The number of piperidine rings is 1. The molecule has 2 aliphatic rings. The third-order valence-electron chi connectivity index (χ3n) is 5.65. The van der Waals surface area contributed by atoms with Crippen LogP contribution < -0.4 is 5.73 Å². The first-order valence-electron chi connectivity index (χ1n) is 9.15. The maximum atomic E-state index is 13.9. The largest absolute Gasteiger partial charge is 0.370 e. The highest BCUT2D eigenvalue weighted by molar-refractivity contribution is 6.30. The lowest BCUT2D eigenvalue weighted by molar-refractivity contribution is 0.271. The smallest absolute Gasteiger partial charge is 0.191 e. The van der Waals surface area contributed by atoms with Crippen LogP contribution in [0.4, 0.5) is 4.39 Å². The molecule has 0 aromatic heterocycles. The van der Waals surface area contributed by atoms with Gasteiger partial charge < -0.3 is 10.6 Å². The summed E-state index contributed by atoms with van der Waals surface area (Å²) in [7, 11) is 2.08. The monoisotopic (exact) mass is 366 g/mol. The van der Waals surface area contributed by atoms with Gasteiger partial charge in [-0.1, -0.05) is 24.6 Å². The maximum absolute atomic E-state index is 13.9. The number of hydrogen-bond donors (Lipinski definition) is 1. The molecule has 6 heteroatoms. The van der Waals surface area contributed by atoms with Crippen LogP contribution in [0, 0.1) is 17.7 Å². The van der Waals surface area contributed by atoms with Crippen molar-refractivity contribution in [3.05, 3.63) is 34.6 Å². The molecule has 2 heterocycles. The van der Waals surface area contributed by atoms with Gasteiger partial charge in [0.15, 0.2) is 5.96 Å². The Hall–Kier alpha value is -1.33. The van der Waals surface area contributed by atoms with E-state index in [9.17, 15) is 4.39 Å². The predicted octanol–water partition coefficient (Wildman–Crippen LogP) is 3.52. The Morgan fingerprint density at radius 2 is 2.00 bits per heavy atom. The van der Waals surface area contributed by atoms with Crippen LogP contribution in [0.3, 0.4) is 0 Å². The van der Waals surface area contributed by atoms with Crippen LogP contribution in [0.15, 0.2) is 23.2 Å². The van der Waals surface area contributed by atoms with Gasteiger partial charge in [0.25, 0.3) is 0 Å². The van der Waals surface area contributed by atoms with Gasteiger partial charge in [0, 0.05) is 25.7 Å². The summed E-state index contributed by atoms with van der Waals surface area (Å²) in [6.07, 6.45) is 3.39. The molecule has 0 amide bonds. The van der Waals surface area contributed by atoms with Crippen LogP contribution in [-0.2, 0) is 0 Å². The predicted molar refractivity (Wildman–Crippen MR) is 101 cm³/mol. The molecule has 138 valence electrons. The zero-order valence-corrected chi connectivity index (χ0v) is 15.8. The Bertz CT molecular complexity index is 628. The van der Waals surface area contributed by atoms with Crippen molar-refractivity contribution < 1.29 is 4.39 Å². The summed E-state index contributed by atoms with van der Waals surface area (Å²) in [5.41, 5.74) is 7.18. The van der Waals surface area contributed by atoms with E-state index in [1.807, 2.05) is 6.07 Å². The van der Waals surface area contributed by atoms with Crippen LogP contribution in [0.1, 0.15) is 37.8 Å². The van der Waals surface area contributed by atoms with Crippen molar-refractivity contribution >= 4 is 17.6 Å². The SMILES string of the molecule is CC1CCN(C(N)=NCC2CCN(C)C2c2ccc(Cl)c(F)c2)CC1. The highest BCUT2D eigenvalue weighted by atomic mass is 35.5. The molecule has 2 atom stereocenters. The van der Waals surface area contributed by atoms with Gasteiger partial charge in [-0.2, -0.15) is 0 Å². The molecule has 0 aliphatic carbocycles. The fraction of sp³-hybridized carbons (Fsp3) is 0.632. The van der Waals surface area contributed by atoms with Crippen molar-refractivity contribution in [2.75, 3.05) is 33.2 Å². The normalized spacial score (nSPS) is 26.4. The van der Waals surface area contributed by atoms with Crippen molar-refractivity contribution in [3.8, 4) is 0 Å². The van der Waals surface area contributed by atoms with Crippen molar-refractivity contribution in [1.82, 2.24) is 9.80 Å². The van der Waals surface area contributed by atoms with E-state index in [2.05, 4.69) is 28.8 Å². The Morgan fingerprint density at radius 3 is 2.68 bits per heavy atom. The summed E-state index contributed by atoms with van der Waals surface area (Å²) < 4.78 is 13.9. The third kappa shape index (κ3) is 4.26. The van der Waals surface area contributed by atoms with Gasteiger partial charge in [0.05, 0.1) is 5.02 Å². The van der Waals surface area contributed by atoms with Gasteiger partial charge in [-0.25, -0.2) is 4.39 Å². The van der Waals surface area contributed by atoms with Crippen LogP contribution >= 0.6 is 11.6 Å². The van der Waals surface area contributed by atoms with Gasteiger partial charge in [0.2, 0.25) is 0 Å². The Balaban J connectivity index is 1.68. The zero-order chi connectivity index (χ0) is 18.0. The Labute approximate surface area is 154 Å². The number of guanidine groups is 1. The number of hydrogen-bond acceptors (Lipinski definition) is 2. The standard InChI is InChI=1S/C19H28ClFN4/c1-13-5-9-25(10-6-13)19(22)23-12-15-7-8-24(2)18(15)14-3-4-16(20)17(21)11-14/h3-4,11,13,15,18H,5-10,12H2,1-2H3,(H2,22,23).